The minimum absolute atomic E-state index is 0.103. The monoisotopic (exact) mass is 435 g/mol. The van der Waals surface area contributed by atoms with Crippen LogP contribution in [-0.2, 0) is 6.42 Å². The maximum Gasteiger partial charge on any atom is 0.208 e. The molecule has 1 fully saturated rings. The Morgan fingerprint density at radius 3 is 2.45 bits per heavy atom. The van der Waals surface area contributed by atoms with E-state index in [9.17, 15) is 0 Å². The number of aromatic nitrogens is 3. The van der Waals surface area contributed by atoms with Gasteiger partial charge in [0.15, 0.2) is 0 Å². The molecular weight excluding hydrogens is 402 g/mol. The molecule has 0 saturated carbocycles. The first kappa shape index (κ1) is 21.9. The maximum atomic E-state index is 4.58. The first-order valence-corrected chi connectivity index (χ1v) is 11.9. The third-order valence-corrected chi connectivity index (χ3v) is 7.19. The van der Waals surface area contributed by atoms with Gasteiger partial charge in [-0.1, -0.05) is 42.5 Å². The fourth-order valence-electron chi connectivity index (χ4n) is 4.97. The van der Waals surface area contributed by atoms with Crippen LogP contribution < -0.4 is 10.2 Å². The molecule has 1 aliphatic heterocycles. The molecular formula is C25H33N5S. The first-order chi connectivity index (χ1) is 14.7. The number of hydrogen-bond donors (Lipinski definition) is 1. The second kappa shape index (κ2) is 8.32. The molecule has 1 saturated heterocycles. The fourth-order valence-corrected chi connectivity index (χ4v) is 5.91. The van der Waals surface area contributed by atoms with Gasteiger partial charge in [-0.05, 0) is 69.7 Å². The minimum Gasteiger partial charge on any atom is -0.347 e. The van der Waals surface area contributed by atoms with E-state index in [1.54, 1.807) is 11.3 Å². The van der Waals surface area contributed by atoms with Gasteiger partial charge in [0.1, 0.15) is 5.01 Å². The van der Waals surface area contributed by atoms with Crippen LogP contribution in [0.5, 0.6) is 0 Å². The molecule has 2 aromatic heterocycles. The van der Waals surface area contributed by atoms with Gasteiger partial charge in [0.05, 0.1) is 0 Å². The Morgan fingerprint density at radius 1 is 1.06 bits per heavy atom. The van der Waals surface area contributed by atoms with Gasteiger partial charge in [-0.2, -0.15) is 0 Å². The van der Waals surface area contributed by atoms with Crippen molar-refractivity contribution < 1.29 is 0 Å². The fraction of sp³-hybridized carbons (Fsp3) is 0.480. The van der Waals surface area contributed by atoms with Gasteiger partial charge in [-0.3, -0.25) is 4.98 Å². The summed E-state index contributed by atoms with van der Waals surface area (Å²) in [5.74, 6) is 0. The van der Waals surface area contributed by atoms with E-state index in [-0.39, 0.29) is 11.1 Å². The second-order valence-electron chi connectivity index (χ2n) is 9.92. The van der Waals surface area contributed by atoms with Crippen molar-refractivity contribution in [1.82, 2.24) is 20.5 Å². The first-order valence-electron chi connectivity index (χ1n) is 11.1. The van der Waals surface area contributed by atoms with Crippen molar-refractivity contribution in [3.8, 4) is 21.7 Å². The third kappa shape index (κ3) is 4.80. The topological polar surface area (TPSA) is 53.9 Å². The molecule has 0 amide bonds. The molecule has 1 aromatic carbocycles. The summed E-state index contributed by atoms with van der Waals surface area (Å²) in [5, 5.41) is 14.9. The minimum atomic E-state index is 0.103. The Hall–Kier alpha value is -2.31. The Balaban J connectivity index is 1.60. The van der Waals surface area contributed by atoms with Gasteiger partial charge < -0.3 is 10.2 Å². The normalized spacial score (nSPS) is 18.1. The maximum absolute atomic E-state index is 4.58. The molecule has 31 heavy (non-hydrogen) atoms. The van der Waals surface area contributed by atoms with Gasteiger partial charge in [0, 0.05) is 42.1 Å². The Labute approximate surface area is 189 Å². The van der Waals surface area contributed by atoms with Crippen LogP contribution in [0.2, 0.25) is 0 Å². The quantitative estimate of drug-likeness (QED) is 0.567. The smallest absolute Gasteiger partial charge is 0.208 e. The van der Waals surface area contributed by atoms with Crippen LogP contribution >= 0.6 is 11.3 Å². The van der Waals surface area contributed by atoms with E-state index in [0.29, 0.717) is 6.04 Å². The molecule has 0 unspecified atom stereocenters. The molecule has 0 radical (unpaired) electrons. The predicted octanol–water partition coefficient (Wildman–Crippen LogP) is 5.57. The van der Waals surface area contributed by atoms with Crippen molar-refractivity contribution >= 4 is 16.5 Å². The highest BCUT2D eigenvalue weighted by molar-refractivity contribution is 7.18. The number of aryl methyl sites for hydroxylation is 1. The Kier molecular flexibility index (Phi) is 5.88. The summed E-state index contributed by atoms with van der Waals surface area (Å²) >= 11 is 1.69. The zero-order chi connectivity index (χ0) is 22.2. The highest BCUT2D eigenvalue weighted by Crippen LogP contribution is 2.37. The summed E-state index contributed by atoms with van der Waals surface area (Å²) in [6.45, 7) is 11.4. The summed E-state index contributed by atoms with van der Waals surface area (Å²) in [4.78, 5) is 6.59. The van der Waals surface area contributed by atoms with Crippen LogP contribution in [0.3, 0.4) is 0 Å². The van der Waals surface area contributed by atoms with Gasteiger partial charge in [0.2, 0.25) is 5.13 Å². The molecule has 4 rings (SSSR count). The SMILES string of the molecule is CCc1cc(-c2cccnc2)ccc1-c1nnc(N(C)C2CC(C)(C)NC(C)(C)C2)s1. The molecule has 0 spiro atoms. The summed E-state index contributed by atoms with van der Waals surface area (Å²) in [6, 6.07) is 11.1. The molecule has 6 heteroatoms. The van der Waals surface area contributed by atoms with Crippen molar-refractivity contribution in [2.45, 2.75) is 71.0 Å². The lowest BCUT2D eigenvalue weighted by Crippen LogP contribution is -2.61. The molecule has 164 valence electrons. The number of benzene rings is 1. The van der Waals surface area contributed by atoms with Crippen LogP contribution in [0.4, 0.5) is 5.13 Å². The largest absolute Gasteiger partial charge is 0.347 e. The lowest BCUT2D eigenvalue weighted by molar-refractivity contribution is 0.161. The molecule has 0 atom stereocenters. The molecule has 3 aromatic rings. The van der Waals surface area contributed by atoms with E-state index in [1.807, 2.05) is 18.5 Å². The third-order valence-electron chi connectivity index (χ3n) is 6.14. The molecule has 0 aliphatic carbocycles. The molecule has 1 aliphatic rings. The van der Waals surface area contributed by atoms with Crippen LogP contribution in [0.1, 0.15) is 53.0 Å². The summed E-state index contributed by atoms with van der Waals surface area (Å²) in [7, 11) is 2.17. The number of piperidine rings is 1. The number of nitrogens with zero attached hydrogens (tertiary/aromatic N) is 4. The van der Waals surface area contributed by atoms with E-state index < -0.39 is 0 Å². The molecule has 0 bridgehead atoms. The Morgan fingerprint density at radius 2 is 1.81 bits per heavy atom. The zero-order valence-electron chi connectivity index (χ0n) is 19.4. The predicted molar refractivity (Wildman–Crippen MR) is 131 cm³/mol. The van der Waals surface area contributed by atoms with Gasteiger partial charge >= 0.3 is 0 Å². The van der Waals surface area contributed by atoms with Crippen LogP contribution in [0, 0.1) is 0 Å². The number of nitrogens with one attached hydrogen (secondary N) is 1. The average molecular weight is 436 g/mol. The highest BCUT2D eigenvalue weighted by Gasteiger charge is 2.39. The molecule has 3 heterocycles. The summed E-state index contributed by atoms with van der Waals surface area (Å²) in [5.41, 5.74) is 5.00. The highest BCUT2D eigenvalue weighted by atomic mass is 32.1. The lowest BCUT2D eigenvalue weighted by atomic mass is 9.79. The molecule has 1 N–H and O–H groups in total. The van der Waals surface area contributed by atoms with Crippen molar-refractivity contribution in [3.05, 3.63) is 48.3 Å². The van der Waals surface area contributed by atoms with Crippen molar-refractivity contribution in [2.24, 2.45) is 0 Å². The zero-order valence-corrected chi connectivity index (χ0v) is 20.3. The van der Waals surface area contributed by atoms with Crippen molar-refractivity contribution in [3.63, 3.8) is 0 Å². The van der Waals surface area contributed by atoms with Crippen LogP contribution in [-0.4, -0.2) is 39.3 Å². The van der Waals surface area contributed by atoms with E-state index in [1.165, 1.54) is 16.7 Å². The second-order valence-corrected chi connectivity index (χ2v) is 10.9. The van der Waals surface area contributed by atoms with Crippen molar-refractivity contribution in [1.29, 1.82) is 0 Å². The van der Waals surface area contributed by atoms with E-state index in [2.05, 4.69) is 91.3 Å². The number of hydrogen-bond acceptors (Lipinski definition) is 6. The lowest BCUT2D eigenvalue weighted by Gasteiger charge is -2.48. The number of pyridine rings is 1. The standard InChI is InChI=1S/C25H33N5S/c1-7-17-13-18(19-9-8-12-26-16-19)10-11-21(17)22-27-28-23(31-22)30(6)20-14-24(2,3)29-25(4,5)15-20/h8-13,16,20,29H,7,14-15H2,1-6H3. The number of rotatable bonds is 5. The molecule has 5 nitrogen and oxygen atoms in total. The van der Waals surface area contributed by atoms with Gasteiger partial charge in [0.25, 0.3) is 0 Å². The van der Waals surface area contributed by atoms with E-state index >= 15 is 0 Å². The summed E-state index contributed by atoms with van der Waals surface area (Å²) < 4.78 is 0. The van der Waals surface area contributed by atoms with Crippen LogP contribution in [0.15, 0.2) is 42.7 Å². The number of anilines is 1. The van der Waals surface area contributed by atoms with E-state index in [0.717, 1.165) is 35.0 Å². The van der Waals surface area contributed by atoms with Gasteiger partial charge in [-0.15, -0.1) is 10.2 Å². The Bertz CT molecular complexity index is 1030. The average Bonchev–Trinajstić information content (AvgIpc) is 3.21. The van der Waals surface area contributed by atoms with Gasteiger partial charge in [-0.25, -0.2) is 0 Å². The van der Waals surface area contributed by atoms with Crippen LogP contribution in [0.25, 0.3) is 21.7 Å². The van der Waals surface area contributed by atoms with E-state index in [4.69, 9.17) is 0 Å². The summed E-state index contributed by atoms with van der Waals surface area (Å²) in [6.07, 6.45) is 6.84. The van der Waals surface area contributed by atoms with Crippen molar-refractivity contribution in [2.75, 3.05) is 11.9 Å².